The van der Waals surface area contributed by atoms with Crippen LogP contribution in [0.25, 0.3) is 0 Å². The number of unbranched alkanes of at least 4 members (excludes halogenated alkanes) is 1. The van der Waals surface area contributed by atoms with Crippen LogP contribution in [0.2, 0.25) is 0 Å². The molecule has 0 spiro atoms. The molecule has 0 radical (unpaired) electrons. The van der Waals surface area contributed by atoms with Crippen LogP contribution in [-0.2, 0) is 6.42 Å². The van der Waals surface area contributed by atoms with E-state index in [4.69, 9.17) is 0 Å². The van der Waals surface area contributed by atoms with Gasteiger partial charge in [0.05, 0.1) is 0 Å². The highest BCUT2D eigenvalue weighted by molar-refractivity contribution is 5.40. The number of nitrogens with one attached hydrogen (secondary N) is 1. The summed E-state index contributed by atoms with van der Waals surface area (Å²) in [5.41, 5.74) is 3.30. The molecule has 0 amide bonds. The molecule has 1 aromatic carbocycles. The highest BCUT2D eigenvalue weighted by atomic mass is 14.9. The summed E-state index contributed by atoms with van der Waals surface area (Å²) in [6.45, 7) is 5.78. The van der Waals surface area contributed by atoms with Crippen molar-refractivity contribution in [3.63, 3.8) is 0 Å². The SMILES string of the molecule is CCCCC(NCCC)C1C2CCc3ccccc3C21. The van der Waals surface area contributed by atoms with Gasteiger partial charge in [-0.3, -0.25) is 0 Å². The molecule has 2 aliphatic rings. The van der Waals surface area contributed by atoms with Gasteiger partial charge in [-0.15, -0.1) is 0 Å². The highest BCUT2D eigenvalue weighted by Crippen LogP contribution is 2.61. The van der Waals surface area contributed by atoms with Crippen LogP contribution in [0.4, 0.5) is 0 Å². The molecule has 4 atom stereocenters. The zero-order valence-corrected chi connectivity index (χ0v) is 13.1. The summed E-state index contributed by atoms with van der Waals surface area (Å²) < 4.78 is 0. The van der Waals surface area contributed by atoms with E-state index in [-0.39, 0.29) is 0 Å². The number of hydrogen-bond acceptors (Lipinski definition) is 1. The van der Waals surface area contributed by atoms with E-state index < -0.39 is 0 Å². The average molecular weight is 271 g/mol. The minimum Gasteiger partial charge on any atom is -0.314 e. The van der Waals surface area contributed by atoms with Gasteiger partial charge in [0, 0.05) is 6.04 Å². The van der Waals surface area contributed by atoms with Gasteiger partial charge in [-0.1, -0.05) is 51.0 Å². The Labute approximate surface area is 124 Å². The number of benzene rings is 1. The normalized spacial score (nSPS) is 28.6. The first-order valence-electron chi connectivity index (χ1n) is 8.68. The molecule has 1 aromatic rings. The van der Waals surface area contributed by atoms with Crippen LogP contribution < -0.4 is 5.32 Å². The molecule has 110 valence electrons. The fraction of sp³-hybridized carbons (Fsp3) is 0.684. The summed E-state index contributed by atoms with van der Waals surface area (Å²) >= 11 is 0. The lowest BCUT2D eigenvalue weighted by Crippen LogP contribution is -2.32. The Balaban J connectivity index is 1.71. The molecule has 2 aliphatic carbocycles. The van der Waals surface area contributed by atoms with E-state index in [2.05, 4.69) is 43.4 Å². The molecule has 4 unspecified atom stereocenters. The Kier molecular flexibility index (Phi) is 4.45. The van der Waals surface area contributed by atoms with Crippen molar-refractivity contribution in [2.24, 2.45) is 11.8 Å². The van der Waals surface area contributed by atoms with Crippen LogP contribution >= 0.6 is 0 Å². The fourth-order valence-electron chi connectivity index (χ4n) is 4.35. The van der Waals surface area contributed by atoms with Gasteiger partial charge < -0.3 is 5.32 Å². The summed E-state index contributed by atoms with van der Waals surface area (Å²) in [5.74, 6) is 2.75. The molecule has 1 fully saturated rings. The van der Waals surface area contributed by atoms with Crippen LogP contribution in [0.3, 0.4) is 0 Å². The van der Waals surface area contributed by atoms with Crippen LogP contribution in [0.5, 0.6) is 0 Å². The van der Waals surface area contributed by atoms with Gasteiger partial charge >= 0.3 is 0 Å². The third-order valence-electron chi connectivity index (χ3n) is 5.38. The molecule has 0 aliphatic heterocycles. The lowest BCUT2D eigenvalue weighted by molar-refractivity contribution is 0.400. The topological polar surface area (TPSA) is 12.0 Å². The molecule has 20 heavy (non-hydrogen) atoms. The predicted octanol–water partition coefficient (Wildman–Crippen LogP) is 4.52. The van der Waals surface area contributed by atoms with Gasteiger partial charge in [-0.2, -0.15) is 0 Å². The van der Waals surface area contributed by atoms with Crippen molar-refractivity contribution >= 4 is 0 Å². The Morgan fingerprint density at radius 1 is 1.20 bits per heavy atom. The third kappa shape index (κ3) is 2.65. The monoisotopic (exact) mass is 271 g/mol. The molecular formula is C19H29N. The second-order valence-corrected chi connectivity index (χ2v) is 6.71. The number of fused-ring (bicyclic) bond motifs is 3. The van der Waals surface area contributed by atoms with Crippen molar-refractivity contribution in [3.8, 4) is 0 Å². The van der Waals surface area contributed by atoms with Gasteiger partial charge in [0.25, 0.3) is 0 Å². The quantitative estimate of drug-likeness (QED) is 0.769. The summed E-state index contributed by atoms with van der Waals surface area (Å²) in [7, 11) is 0. The van der Waals surface area contributed by atoms with Gasteiger partial charge in [-0.05, 0) is 61.1 Å². The lowest BCUT2D eigenvalue weighted by atomic mass is 9.92. The number of hydrogen-bond donors (Lipinski definition) is 1. The second-order valence-electron chi connectivity index (χ2n) is 6.71. The number of aryl methyl sites for hydroxylation is 1. The first-order chi connectivity index (χ1) is 9.86. The van der Waals surface area contributed by atoms with E-state index in [1.807, 2.05) is 0 Å². The lowest BCUT2D eigenvalue weighted by Gasteiger charge is -2.19. The van der Waals surface area contributed by atoms with Gasteiger partial charge in [0.1, 0.15) is 0 Å². The Hall–Kier alpha value is -0.820. The van der Waals surface area contributed by atoms with E-state index in [0.29, 0.717) is 0 Å². The maximum Gasteiger partial charge on any atom is 0.0104 e. The molecule has 3 rings (SSSR count). The fourth-order valence-corrected chi connectivity index (χ4v) is 4.35. The minimum atomic E-state index is 0.760. The predicted molar refractivity (Wildman–Crippen MR) is 86.1 cm³/mol. The third-order valence-corrected chi connectivity index (χ3v) is 5.38. The second kappa shape index (κ2) is 6.30. The molecule has 1 nitrogen and oxygen atoms in total. The largest absolute Gasteiger partial charge is 0.314 e. The molecule has 0 heterocycles. The van der Waals surface area contributed by atoms with Crippen molar-refractivity contribution in [1.29, 1.82) is 0 Å². The zero-order chi connectivity index (χ0) is 13.9. The van der Waals surface area contributed by atoms with Crippen molar-refractivity contribution in [1.82, 2.24) is 5.32 Å². The highest BCUT2D eigenvalue weighted by Gasteiger charge is 2.55. The van der Waals surface area contributed by atoms with E-state index in [0.717, 1.165) is 23.8 Å². The van der Waals surface area contributed by atoms with Crippen molar-refractivity contribution in [2.75, 3.05) is 6.54 Å². The van der Waals surface area contributed by atoms with Crippen LogP contribution in [0.1, 0.15) is 63.0 Å². The van der Waals surface area contributed by atoms with Crippen molar-refractivity contribution in [2.45, 2.75) is 64.3 Å². The first-order valence-corrected chi connectivity index (χ1v) is 8.68. The molecule has 1 N–H and O–H groups in total. The molecule has 0 bridgehead atoms. The Morgan fingerprint density at radius 3 is 2.85 bits per heavy atom. The molecule has 1 saturated carbocycles. The standard InChI is InChI=1S/C19H29N/c1-3-5-10-17(20-13-4-2)19-16-12-11-14-8-6-7-9-15(14)18(16)19/h6-9,16-20H,3-5,10-13H2,1-2H3. The summed E-state index contributed by atoms with van der Waals surface area (Å²) in [4.78, 5) is 0. The minimum absolute atomic E-state index is 0.760. The average Bonchev–Trinajstić information content (AvgIpc) is 3.22. The Bertz CT molecular complexity index is 431. The summed E-state index contributed by atoms with van der Waals surface area (Å²) in [6, 6.07) is 9.94. The summed E-state index contributed by atoms with van der Waals surface area (Å²) in [6.07, 6.45) is 8.05. The smallest absolute Gasteiger partial charge is 0.0104 e. The van der Waals surface area contributed by atoms with Crippen molar-refractivity contribution in [3.05, 3.63) is 35.4 Å². The van der Waals surface area contributed by atoms with E-state index in [1.165, 1.54) is 45.1 Å². The van der Waals surface area contributed by atoms with Crippen molar-refractivity contribution < 1.29 is 0 Å². The van der Waals surface area contributed by atoms with Crippen LogP contribution in [0.15, 0.2) is 24.3 Å². The molecular weight excluding hydrogens is 242 g/mol. The van der Waals surface area contributed by atoms with E-state index in [9.17, 15) is 0 Å². The van der Waals surface area contributed by atoms with Gasteiger partial charge in [0.2, 0.25) is 0 Å². The maximum absolute atomic E-state index is 3.85. The van der Waals surface area contributed by atoms with E-state index in [1.54, 1.807) is 11.1 Å². The summed E-state index contributed by atoms with van der Waals surface area (Å²) in [5, 5.41) is 3.85. The van der Waals surface area contributed by atoms with Crippen LogP contribution in [-0.4, -0.2) is 12.6 Å². The maximum atomic E-state index is 3.85. The Morgan fingerprint density at radius 2 is 2.05 bits per heavy atom. The zero-order valence-electron chi connectivity index (χ0n) is 13.1. The first kappa shape index (κ1) is 14.1. The van der Waals surface area contributed by atoms with Gasteiger partial charge in [0.15, 0.2) is 0 Å². The molecule has 0 aromatic heterocycles. The molecule has 1 heteroatoms. The molecule has 0 saturated heterocycles. The number of rotatable bonds is 7. The van der Waals surface area contributed by atoms with Gasteiger partial charge in [-0.25, -0.2) is 0 Å². The van der Waals surface area contributed by atoms with E-state index >= 15 is 0 Å². The van der Waals surface area contributed by atoms with Crippen LogP contribution in [0, 0.1) is 11.8 Å².